The van der Waals surface area contributed by atoms with Crippen LogP contribution in [0.3, 0.4) is 0 Å². The molecule has 4 nitrogen and oxygen atoms in total. The molecule has 0 bridgehead atoms. The quantitative estimate of drug-likeness (QED) is 0.329. The van der Waals surface area contributed by atoms with Crippen LogP contribution in [0.4, 0.5) is 0 Å². The van der Waals surface area contributed by atoms with Crippen molar-refractivity contribution in [1.29, 1.82) is 0 Å². The second kappa shape index (κ2) is 16.4. The molecule has 0 aliphatic carbocycles. The molecular weight excluding hydrogens is 314 g/mol. The van der Waals surface area contributed by atoms with Crippen LogP contribution < -0.4 is 5.32 Å². The molecule has 0 spiro atoms. The normalized spacial score (nSPS) is 13.4. The summed E-state index contributed by atoms with van der Waals surface area (Å²) in [5.74, 6) is -1.10. The van der Waals surface area contributed by atoms with Crippen molar-refractivity contribution in [1.82, 2.24) is 5.32 Å². The van der Waals surface area contributed by atoms with Gasteiger partial charge in [-0.15, -0.1) is 0 Å². The fourth-order valence-corrected chi connectivity index (χ4v) is 3.06. The summed E-state index contributed by atoms with van der Waals surface area (Å²) in [6, 6.07) is -0.755. The van der Waals surface area contributed by atoms with E-state index in [0.717, 1.165) is 19.3 Å². The van der Waals surface area contributed by atoms with Crippen LogP contribution in [0.15, 0.2) is 0 Å². The van der Waals surface area contributed by atoms with Gasteiger partial charge in [0, 0.05) is 6.42 Å². The molecule has 2 unspecified atom stereocenters. The first-order valence-corrected chi connectivity index (χ1v) is 10.5. The summed E-state index contributed by atoms with van der Waals surface area (Å²) in [5.41, 5.74) is 0. The molecule has 0 radical (unpaired) electrons. The zero-order valence-electron chi connectivity index (χ0n) is 16.8. The second-order valence-electron chi connectivity index (χ2n) is 7.41. The van der Waals surface area contributed by atoms with Crippen molar-refractivity contribution < 1.29 is 14.7 Å². The maximum Gasteiger partial charge on any atom is 0.326 e. The molecule has 0 heterocycles. The maximum atomic E-state index is 11.9. The van der Waals surface area contributed by atoms with Crippen LogP contribution in [0.25, 0.3) is 0 Å². The molecule has 0 fully saturated rings. The Labute approximate surface area is 155 Å². The number of carbonyl (C=O) groups excluding carboxylic acids is 1. The first kappa shape index (κ1) is 23.9. The predicted molar refractivity (Wildman–Crippen MR) is 105 cm³/mol. The minimum atomic E-state index is -0.933. The molecule has 25 heavy (non-hydrogen) atoms. The molecule has 0 aliphatic heterocycles. The van der Waals surface area contributed by atoms with Crippen molar-refractivity contribution in [3.05, 3.63) is 0 Å². The Morgan fingerprint density at radius 2 is 1.24 bits per heavy atom. The Hall–Kier alpha value is -1.06. The van der Waals surface area contributed by atoms with Gasteiger partial charge >= 0.3 is 5.97 Å². The Morgan fingerprint density at radius 1 is 0.800 bits per heavy atom. The molecular formula is C21H41NO3. The Kier molecular flexibility index (Phi) is 15.7. The molecule has 4 heteroatoms. The number of rotatable bonds is 17. The molecule has 0 aliphatic rings. The summed E-state index contributed by atoms with van der Waals surface area (Å²) >= 11 is 0. The fourth-order valence-electron chi connectivity index (χ4n) is 3.06. The first-order chi connectivity index (χ1) is 12.0. The Morgan fingerprint density at radius 3 is 1.64 bits per heavy atom. The number of carboxylic acids is 1. The first-order valence-electron chi connectivity index (χ1n) is 10.5. The lowest BCUT2D eigenvalue weighted by molar-refractivity contribution is -0.143. The van der Waals surface area contributed by atoms with Gasteiger partial charge in [-0.2, -0.15) is 0 Å². The SMILES string of the molecule is CCCCCCCCCCCCCCC(=O)NC(C(=O)O)C(C)CC. The summed E-state index contributed by atoms with van der Waals surface area (Å²) < 4.78 is 0. The number of carbonyl (C=O) groups is 2. The molecule has 0 rings (SSSR count). The molecule has 1 amide bonds. The van der Waals surface area contributed by atoms with Crippen LogP contribution in [-0.2, 0) is 9.59 Å². The lowest BCUT2D eigenvalue weighted by atomic mass is 9.99. The molecule has 0 saturated heterocycles. The van der Waals surface area contributed by atoms with Crippen molar-refractivity contribution in [3.8, 4) is 0 Å². The largest absolute Gasteiger partial charge is 0.480 e. The van der Waals surface area contributed by atoms with Gasteiger partial charge in [0.2, 0.25) is 5.91 Å². The highest BCUT2D eigenvalue weighted by Gasteiger charge is 2.24. The van der Waals surface area contributed by atoms with E-state index >= 15 is 0 Å². The number of carboxylic acid groups (broad SMARTS) is 1. The molecule has 0 aromatic carbocycles. The summed E-state index contributed by atoms with van der Waals surface area (Å²) in [7, 11) is 0. The Bertz CT molecular complexity index is 344. The zero-order chi connectivity index (χ0) is 18.9. The number of unbranched alkanes of at least 4 members (excludes halogenated alkanes) is 11. The van der Waals surface area contributed by atoms with E-state index < -0.39 is 12.0 Å². The minimum absolute atomic E-state index is 0.0385. The summed E-state index contributed by atoms with van der Waals surface area (Å²) in [6.45, 7) is 6.06. The average Bonchev–Trinajstić information content (AvgIpc) is 2.59. The van der Waals surface area contributed by atoms with Gasteiger partial charge < -0.3 is 10.4 Å². The number of hydrogen-bond acceptors (Lipinski definition) is 2. The molecule has 0 aromatic rings. The van der Waals surface area contributed by atoms with E-state index in [9.17, 15) is 14.7 Å². The Balaban J connectivity index is 3.52. The van der Waals surface area contributed by atoms with E-state index in [-0.39, 0.29) is 11.8 Å². The van der Waals surface area contributed by atoms with Gasteiger partial charge in [-0.3, -0.25) is 4.79 Å². The smallest absolute Gasteiger partial charge is 0.326 e. The lowest BCUT2D eigenvalue weighted by Crippen LogP contribution is -2.44. The van der Waals surface area contributed by atoms with E-state index in [1.807, 2.05) is 13.8 Å². The van der Waals surface area contributed by atoms with Gasteiger partial charge in [-0.1, -0.05) is 97.8 Å². The van der Waals surface area contributed by atoms with Gasteiger partial charge in [0.15, 0.2) is 0 Å². The van der Waals surface area contributed by atoms with Crippen molar-refractivity contribution in [2.75, 3.05) is 0 Å². The third-order valence-electron chi connectivity index (χ3n) is 5.05. The topological polar surface area (TPSA) is 66.4 Å². The highest BCUT2D eigenvalue weighted by atomic mass is 16.4. The maximum absolute atomic E-state index is 11.9. The third kappa shape index (κ3) is 13.9. The molecule has 0 saturated carbocycles. The van der Waals surface area contributed by atoms with E-state index in [4.69, 9.17) is 0 Å². The summed E-state index contributed by atoms with van der Waals surface area (Å²) in [4.78, 5) is 23.1. The number of nitrogens with one attached hydrogen (secondary N) is 1. The number of aliphatic carboxylic acids is 1. The number of hydrogen-bond donors (Lipinski definition) is 2. The van der Waals surface area contributed by atoms with E-state index in [1.54, 1.807) is 0 Å². The van der Waals surface area contributed by atoms with E-state index in [2.05, 4.69) is 12.2 Å². The zero-order valence-corrected chi connectivity index (χ0v) is 16.8. The third-order valence-corrected chi connectivity index (χ3v) is 5.05. The lowest BCUT2D eigenvalue weighted by Gasteiger charge is -2.20. The van der Waals surface area contributed by atoms with Gasteiger partial charge in [-0.05, 0) is 12.3 Å². The van der Waals surface area contributed by atoms with E-state index in [1.165, 1.54) is 64.2 Å². The summed E-state index contributed by atoms with van der Waals surface area (Å²) in [5, 5.41) is 11.9. The minimum Gasteiger partial charge on any atom is -0.480 e. The van der Waals surface area contributed by atoms with Crippen LogP contribution in [-0.4, -0.2) is 23.0 Å². The highest BCUT2D eigenvalue weighted by molar-refractivity contribution is 5.83. The van der Waals surface area contributed by atoms with Gasteiger partial charge in [0.25, 0.3) is 0 Å². The van der Waals surface area contributed by atoms with Crippen LogP contribution in [0.2, 0.25) is 0 Å². The monoisotopic (exact) mass is 355 g/mol. The van der Waals surface area contributed by atoms with Gasteiger partial charge in [0.1, 0.15) is 6.04 Å². The number of amides is 1. The predicted octanol–water partition coefficient (Wildman–Crippen LogP) is 5.69. The van der Waals surface area contributed by atoms with Crippen LogP contribution in [0.5, 0.6) is 0 Å². The highest BCUT2D eigenvalue weighted by Crippen LogP contribution is 2.13. The standard InChI is InChI=1S/C21H41NO3/c1-4-6-7-8-9-10-11-12-13-14-15-16-17-19(23)22-20(21(24)25)18(3)5-2/h18,20H,4-17H2,1-3H3,(H,22,23)(H,24,25). The average molecular weight is 356 g/mol. The van der Waals surface area contributed by atoms with Crippen molar-refractivity contribution in [2.24, 2.45) is 5.92 Å². The van der Waals surface area contributed by atoms with Gasteiger partial charge in [-0.25, -0.2) is 4.79 Å². The van der Waals surface area contributed by atoms with Crippen LogP contribution >= 0.6 is 0 Å². The van der Waals surface area contributed by atoms with Crippen molar-refractivity contribution in [2.45, 2.75) is 117 Å². The van der Waals surface area contributed by atoms with Crippen molar-refractivity contribution >= 4 is 11.9 Å². The molecule has 0 aromatic heterocycles. The second-order valence-corrected chi connectivity index (χ2v) is 7.41. The molecule has 2 atom stereocenters. The van der Waals surface area contributed by atoms with Crippen molar-refractivity contribution in [3.63, 3.8) is 0 Å². The fraction of sp³-hybridized carbons (Fsp3) is 0.905. The van der Waals surface area contributed by atoms with Gasteiger partial charge in [0.05, 0.1) is 0 Å². The summed E-state index contributed by atoms with van der Waals surface area (Å²) in [6.07, 6.45) is 16.4. The van der Waals surface area contributed by atoms with Crippen LogP contribution in [0.1, 0.15) is 111 Å². The molecule has 2 N–H and O–H groups in total. The van der Waals surface area contributed by atoms with E-state index in [0.29, 0.717) is 6.42 Å². The van der Waals surface area contributed by atoms with Crippen LogP contribution in [0, 0.1) is 5.92 Å². The molecule has 148 valence electrons.